The van der Waals surface area contributed by atoms with E-state index in [-0.39, 0.29) is 11.8 Å². The first kappa shape index (κ1) is 16.2. The second kappa shape index (κ2) is 9.12. The van der Waals surface area contributed by atoms with E-state index in [4.69, 9.17) is 11.6 Å². The molecule has 1 aromatic carbocycles. The van der Waals surface area contributed by atoms with E-state index in [1.807, 2.05) is 49.4 Å². The van der Waals surface area contributed by atoms with E-state index < -0.39 is 0 Å². The molecule has 2 N–H and O–H groups in total. The molecule has 0 aliphatic rings. The van der Waals surface area contributed by atoms with E-state index in [2.05, 4.69) is 10.6 Å². The lowest BCUT2D eigenvalue weighted by molar-refractivity contribution is -0.114. The molecule has 6 heteroatoms. The third-order valence-electron chi connectivity index (χ3n) is 2.12. The number of carbonyl (C=O) groups excluding carboxylic acids is 2. The average Bonchev–Trinajstić information content (AvgIpc) is 2.86. The fourth-order valence-electron chi connectivity index (χ4n) is 1.27. The van der Waals surface area contributed by atoms with Crippen LogP contribution < -0.4 is 10.6 Å². The van der Waals surface area contributed by atoms with E-state index in [1.165, 1.54) is 4.88 Å². The van der Waals surface area contributed by atoms with Crippen LogP contribution in [0.15, 0.2) is 42.5 Å². The van der Waals surface area contributed by atoms with E-state index in [1.54, 1.807) is 11.3 Å². The van der Waals surface area contributed by atoms with Gasteiger partial charge in [-0.3, -0.25) is 9.59 Å². The normalized spacial score (nSPS) is 9.10. The fourth-order valence-corrected chi connectivity index (χ4v) is 2.13. The Morgan fingerprint density at radius 1 is 1.25 bits per heavy atom. The Morgan fingerprint density at radius 3 is 2.45 bits per heavy atom. The van der Waals surface area contributed by atoms with Gasteiger partial charge in [0.25, 0.3) is 0 Å². The molecule has 0 radical (unpaired) electrons. The quantitative estimate of drug-likeness (QED) is 0.671. The third-order valence-corrected chi connectivity index (χ3v) is 3.28. The molecule has 2 amide bonds. The summed E-state index contributed by atoms with van der Waals surface area (Å²) in [5.41, 5.74) is 0.826. The lowest BCUT2D eigenvalue weighted by atomic mass is 10.3. The number of hydrogen-bond acceptors (Lipinski definition) is 3. The molecule has 20 heavy (non-hydrogen) atoms. The van der Waals surface area contributed by atoms with Gasteiger partial charge in [0, 0.05) is 10.6 Å². The first-order valence-electron chi connectivity index (χ1n) is 5.83. The van der Waals surface area contributed by atoms with Crippen molar-refractivity contribution in [3.63, 3.8) is 0 Å². The summed E-state index contributed by atoms with van der Waals surface area (Å²) in [7, 11) is 0. The zero-order chi connectivity index (χ0) is 14.8. The van der Waals surface area contributed by atoms with Gasteiger partial charge in [-0.05, 0) is 31.2 Å². The maximum atomic E-state index is 10.8. The molecule has 2 rings (SSSR count). The Morgan fingerprint density at radius 2 is 1.95 bits per heavy atom. The second-order valence-corrected chi connectivity index (χ2v) is 5.28. The minimum absolute atomic E-state index is 0.0109. The highest BCUT2D eigenvalue weighted by Crippen LogP contribution is 2.20. The van der Waals surface area contributed by atoms with Crippen LogP contribution in [0, 0.1) is 6.92 Å². The number of alkyl halides is 1. The Kier molecular flexibility index (Phi) is 7.39. The minimum Gasteiger partial charge on any atom is -0.329 e. The van der Waals surface area contributed by atoms with Gasteiger partial charge in [0.15, 0.2) is 0 Å². The fraction of sp³-hybridized carbons (Fsp3) is 0.143. The van der Waals surface area contributed by atoms with Crippen LogP contribution >= 0.6 is 22.9 Å². The monoisotopic (exact) mass is 310 g/mol. The smallest absolute Gasteiger partial charge is 0.239 e. The van der Waals surface area contributed by atoms with Crippen molar-refractivity contribution in [2.75, 3.05) is 16.5 Å². The predicted octanol–water partition coefficient (Wildman–Crippen LogP) is 3.49. The van der Waals surface area contributed by atoms with Crippen LogP contribution in [-0.4, -0.2) is 18.2 Å². The molecule has 0 unspecified atom stereocenters. The molecule has 2 aromatic rings. The van der Waals surface area contributed by atoms with Crippen LogP contribution in [0.1, 0.15) is 4.88 Å². The highest BCUT2D eigenvalue weighted by atomic mass is 35.5. The number of anilines is 2. The van der Waals surface area contributed by atoms with Gasteiger partial charge < -0.3 is 10.6 Å². The van der Waals surface area contributed by atoms with Gasteiger partial charge in [0.2, 0.25) is 12.3 Å². The minimum atomic E-state index is -0.159. The summed E-state index contributed by atoms with van der Waals surface area (Å²) in [4.78, 5) is 21.8. The lowest BCUT2D eigenvalue weighted by Crippen LogP contribution is -2.11. The van der Waals surface area contributed by atoms with Crippen LogP contribution in [0.25, 0.3) is 0 Å². The molecule has 1 aromatic heterocycles. The second-order valence-electron chi connectivity index (χ2n) is 3.72. The number of rotatable bonds is 4. The van der Waals surface area contributed by atoms with Crippen molar-refractivity contribution in [1.82, 2.24) is 0 Å². The summed E-state index contributed by atoms with van der Waals surface area (Å²) in [5.74, 6) is -0.148. The Bertz CT molecular complexity index is 543. The zero-order valence-corrected chi connectivity index (χ0v) is 12.5. The maximum absolute atomic E-state index is 10.8. The van der Waals surface area contributed by atoms with Crippen molar-refractivity contribution in [2.24, 2.45) is 0 Å². The number of nitrogens with one attached hydrogen (secondary N) is 2. The first-order valence-corrected chi connectivity index (χ1v) is 7.18. The van der Waals surface area contributed by atoms with Crippen LogP contribution in [-0.2, 0) is 9.59 Å². The number of benzene rings is 1. The van der Waals surface area contributed by atoms with Gasteiger partial charge >= 0.3 is 0 Å². The highest BCUT2D eigenvalue weighted by Gasteiger charge is 2.00. The van der Waals surface area contributed by atoms with E-state index >= 15 is 0 Å². The van der Waals surface area contributed by atoms with Gasteiger partial charge in [0.1, 0.15) is 5.88 Å². The Hall–Kier alpha value is -1.85. The van der Waals surface area contributed by atoms with Crippen LogP contribution in [0.3, 0.4) is 0 Å². The van der Waals surface area contributed by atoms with E-state index in [0.29, 0.717) is 6.41 Å². The molecular weight excluding hydrogens is 296 g/mol. The summed E-state index contributed by atoms with van der Waals surface area (Å²) in [5, 5.41) is 6.04. The molecule has 0 bridgehead atoms. The van der Waals surface area contributed by atoms with Gasteiger partial charge in [0.05, 0.1) is 5.00 Å². The number of carbonyl (C=O) groups is 2. The molecule has 106 valence electrons. The Labute approximate surface area is 126 Å². The van der Waals surface area contributed by atoms with Crippen LogP contribution in [0.2, 0.25) is 0 Å². The zero-order valence-electron chi connectivity index (χ0n) is 10.9. The summed E-state index contributed by atoms with van der Waals surface area (Å²) in [6.45, 7) is 1.99. The van der Waals surface area contributed by atoms with Gasteiger partial charge in [-0.1, -0.05) is 18.2 Å². The van der Waals surface area contributed by atoms with E-state index in [9.17, 15) is 9.59 Å². The molecule has 0 saturated carbocycles. The maximum Gasteiger partial charge on any atom is 0.239 e. The topological polar surface area (TPSA) is 58.2 Å². The van der Waals surface area contributed by atoms with Gasteiger partial charge in [-0.2, -0.15) is 0 Å². The third kappa shape index (κ3) is 6.36. The standard InChI is InChI=1S/C7H8ClNOS.C7H7NO/c1-5-2-3-7(11-5)9-6(10)4-8;9-6-8-7-4-2-1-3-5-7/h2-3H,4H2,1H3,(H,9,10);1-6H,(H,8,9). The van der Waals surface area contributed by atoms with E-state index in [0.717, 1.165) is 10.7 Å². The lowest BCUT2D eigenvalue weighted by Gasteiger charge is -1.95. The molecule has 0 aliphatic carbocycles. The van der Waals surface area contributed by atoms with Crippen molar-refractivity contribution in [3.8, 4) is 0 Å². The molecule has 4 nitrogen and oxygen atoms in total. The number of para-hydroxylation sites is 1. The summed E-state index contributed by atoms with van der Waals surface area (Å²) < 4.78 is 0. The molecule has 0 fully saturated rings. The SMILES string of the molecule is Cc1ccc(NC(=O)CCl)s1.O=CNc1ccccc1. The van der Waals surface area contributed by atoms with Crippen molar-refractivity contribution in [3.05, 3.63) is 47.3 Å². The Balaban J connectivity index is 0.000000204. The molecule has 0 atom stereocenters. The number of halogens is 1. The molecule has 0 spiro atoms. The summed E-state index contributed by atoms with van der Waals surface area (Å²) >= 11 is 6.84. The summed E-state index contributed by atoms with van der Waals surface area (Å²) in [6.07, 6.45) is 0.662. The van der Waals surface area contributed by atoms with Crippen molar-refractivity contribution in [1.29, 1.82) is 0 Å². The van der Waals surface area contributed by atoms with Crippen molar-refractivity contribution in [2.45, 2.75) is 6.92 Å². The average molecular weight is 311 g/mol. The van der Waals surface area contributed by atoms with Crippen molar-refractivity contribution < 1.29 is 9.59 Å². The number of hydrogen-bond donors (Lipinski definition) is 2. The predicted molar refractivity (Wildman–Crippen MR) is 84.5 cm³/mol. The highest BCUT2D eigenvalue weighted by molar-refractivity contribution is 7.16. The number of aryl methyl sites for hydroxylation is 1. The van der Waals surface area contributed by atoms with Crippen LogP contribution in [0.5, 0.6) is 0 Å². The molecular formula is C14H15ClN2O2S. The summed E-state index contributed by atoms with van der Waals surface area (Å²) in [6, 6.07) is 13.1. The van der Waals surface area contributed by atoms with Crippen molar-refractivity contribution >= 4 is 45.9 Å². The first-order chi connectivity index (χ1) is 9.65. The van der Waals surface area contributed by atoms with Crippen LogP contribution in [0.4, 0.5) is 10.7 Å². The number of thiophene rings is 1. The largest absolute Gasteiger partial charge is 0.329 e. The van der Waals surface area contributed by atoms with Gasteiger partial charge in [-0.25, -0.2) is 0 Å². The van der Waals surface area contributed by atoms with Gasteiger partial charge in [-0.15, -0.1) is 22.9 Å². The molecule has 0 saturated heterocycles. The number of amides is 2. The molecule has 1 heterocycles. The molecule has 0 aliphatic heterocycles.